The second-order valence-electron chi connectivity index (χ2n) is 4.28. The van der Waals surface area contributed by atoms with Gasteiger partial charge in [0, 0.05) is 0 Å². The summed E-state index contributed by atoms with van der Waals surface area (Å²) in [6, 6.07) is 6.90. The highest BCUT2D eigenvalue weighted by Crippen LogP contribution is 2.22. The fraction of sp³-hybridized carbons (Fsp3) is 0.312. The van der Waals surface area contributed by atoms with E-state index in [1.165, 1.54) is 17.2 Å². The first-order valence-electron chi connectivity index (χ1n) is 6.19. The molecule has 1 nitrogen and oxygen atoms in total. The number of hydrogen-bond donors (Lipinski definition) is 0. The van der Waals surface area contributed by atoms with Crippen LogP contribution in [-0.4, -0.2) is 6.79 Å². The molecule has 3 heteroatoms. The first-order valence-corrected chi connectivity index (χ1v) is 6.19. The number of benzene rings is 1. The fourth-order valence-electron chi connectivity index (χ4n) is 2.13. The molecule has 1 aromatic carbocycles. The van der Waals surface area contributed by atoms with Crippen molar-refractivity contribution in [3.63, 3.8) is 0 Å². The monoisotopic (exact) mass is 374 g/mol. The Balaban J connectivity index is 0.00000103. The van der Waals surface area contributed by atoms with Gasteiger partial charge in [0.2, 0.25) is 0 Å². The van der Waals surface area contributed by atoms with Crippen LogP contribution in [0, 0.1) is 5.82 Å². The van der Waals surface area contributed by atoms with Gasteiger partial charge in [0.25, 0.3) is 0 Å². The van der Waals surface area contributed by atoms with Crippen LogP contribution in [0.3, 0.4) is 0 Å². The Morgan fingerprint density at radius 2 is 2.05 bits per heavy atom. The van der Waals surface area contributed by atoms with E-state index in [4.69, 9.17) is 4.79 Å². The molecular weight excluding hydrogens is 354 g/mol. The lowest BCUT2D eigenvalue weighted by Crippen LogP contribution is -1.96. The standard InChI is InChI=1S/C15H17F.CH2O.HI/c1-2-12-5-3-6-13(9-12)10-14-7-4-8-15(16)11-14;1-2;/h4-5,7-9,11H,2-3,6,10H2,1H3;1H2;1H. The zero-order valence-electron chi connectivity index (χ0n) is 11.2. The van der Waals surface area contributed by atoms with E-state index < -0.39 is 0 Å². The van der Waals surface area contributed by atoms with Gasteiger partial charge >= 0.3 is 0 Å². The van der Waals surface area contributed by atoms with E-state index in [9.17, 15) is 4.39 Å². The van der Waals surface area contributed by atoms with Crippen LogP contribution in [0.4, 0.5) is 4.39 Å². The quantitative estimate of drug-likeness (QED) is 0.691. The molecule has 0 saturated heterocycles. The number of allylic oxidation sites excluding steroid dienone is 4. The highest BCUT2D eigenvalue weighted by atomic mass is 127. The maximum atomic E-state index is 13.0. The molecule has 0 aliphatic heterocycles. The van der Waals surface area contributed by atoms with Crippen molar-refractivity contribution in [1.82, 2.24) is 0 Å². The van der Waals surface area contributed by atoms with Gasteiger partial charge in [-0.3, -0.25) is 0 Å². The van der Waals surface area contributed by atoms with Crippen molar-refractivity contribution in [1.29, 1.82) is 0 Å². The first kappa shape index (κ1) is 18.0. The maximum absolute atomic E-state index is 13.0. The van der Waals surface area contributed by atoms with Crippen molar-refractivity contribution in [2.75, 3.05) is 0 Å². The molecule has 0 heterocycles. The molecule has 0 amide bonds. The van der Waals surface area contributed by atoms with Crippen molar-refractivity contribution in [3.8, 4) is 0 Å². The summed E-state index contributed by atoms with van der Waals surface area (Å²) in [6.45, 7) is 4.17. The van der Waals surface area contributed by atoms with Crippen LogP contribution in [-0.2, 0) is 11.2 Å². The third-order valence-corrected chi connectivity index (χ3v) is 2.99. The lowest BCUT2D eigenvalue weighted by molar-refractivity contribution is -0.0979. The second kappa shape index (κ2) is 9.89. The average molecular weight is 374 g/mol. The van der Waals surface area contributed by atoms with Crippen LogP contribution in [0.5, 0.6) is 0 Å². The summed E-state index contributed by atoms with van der Waals surface area (Å²) in [6.07, 6.45) is 8.79. The van der Waals surface area contributed by atoms with Gasteiger partial charge in [-0.1, -0.05) is 42.4 Å². The third kappa shape index (κ3) is 6.14. The molecule has 1 aliphatic rings. The molecule has 19 heavy (non-hydrogen) atoms. The van der Waals surface area contributed by atoms with Gasteiger partial charge in [0.15, 0.2) is 0 Å². The Kier molecular flexibility index (Phi) is 9.39. The molecule has 0 radical (unpaired) electrons. The summed E-state index contributed by atoms with van der Waals surface area (Å²) < 4.78 is 13.0. The molecule has 0 N–H and O–H groups in total. The van der Waals surface area contributed by atoms with Crippen LogP contribution in [0.25, 0.3) is 0 Å². The van der Waals surface area contributed by atoms with E-state index >= 15 is 0 Å². The summed E-state index contributed by atoms with van der Waals surface area (Å²) in [5, 5.41) is 0. The number of rotatable bonds is 3. The summed E-state index contributed by atoms with van der Waals surface area (Å²) in [5.74, 6) is -0.139. The number of halogens is 2. The Morgan fingerprint density at radius 1 is 1.32 bits per heavy atom. The highest BCUT2D eigenvalue weighted by Gasteiger charge is 2.05. The van der Waals surface area contributed by atoms with E-state index in [-0.39, 0.29) is 29.8 Å². The van der Waals surface area contributed by atoms with Gasteiger partial charge in [0.1, 0.15) is 12.6 Å². The highest BCUT2D eigenvalue weighted by molar-refractivity contribution is 14.0. The lowest BCUT2D eigenvalue weighted by Gasteiger charge is -2.13. The molecule has 0 spiro atoms. The van der Waals surface area contributed by atoms with Crippen molar-refractivity contribution in [2.45, 2.75) is 32.6 Å². The largest absolute Gasteiger partial charge is 0.307 e. The molecule has 1 aliphatic carbocycles. The summed E-state index contributed by atoms with van der Waals surface area (Å²) in [5.41, 5.74) is 3.91. The van der Waals surface area contributed by atoms with E-state index in [0.717, 1.165) is 31.2 Å². The molecule has 0 saturated carbocycles. The molecular formula is C16H20FIO. The summed E-state index contributed by atoms with van der Waals surface area (Å²) >= 11 is 0. The van der Waals surface area contributed by atoms with Crippen LogP contribution < -0.4 is 0 Å². The van der Waals surface area contributed by atoms with Gasteiger partial charge in [-0.15, -0.1) is 24.0 Å². The lowest BCUT2D eigenvalue weighted by atomic mass is 9.93. The zero-order chi connectivity index (χ0) is 13.4. The molecule has 0 unspecified atom stereocenters. The number of carbonyl (C=O) groups excluding carboxylic acids is 1. The normalized spacial score (nSPS) is 13.4. The van der Waals surface area contributed by atoms with Crippen molar-refractivity contribution >= 4 is 30.8 Å². The number of hydrogen-bond acceptors (Lipinski definition) is 1. The number of carbonyl (C=O) groups is 1. The van der Waals surface area contributed by atoms with Gasteiger partial charge in [0.05, 0.1) is 0 Å². The molecule has 0 bridgehead atoms. The van der Waals surface area contributed by atoms with Gasteiger partial charge in [-0.2, -0.15) is 0 Å². The Labute approximate surface area is 131 Å². The molecule has 104 valence electrons. The summed E-state index contributed by atoms with van der Waals surface area (Å²) in [7, 11) is 0. The minimum absolute atomic E-state index is 0. The van der Waals surface area contributed by atoms with Gasteiger partial charge < -0.3 is 4.79 Å². The minimum atomic E-state index is -0.139. The van der Waals surface area contributed by atoms with Crippen LogP contribution in [0.2, 0.25) is 0 Å². The zero-order valence-corrected chi connectivity index (χ0v) is 13.5. The Bertz CT molecular complexity index is 452. The van der Waals surface area contributed by atoms with Gasteiger partial charge in [-0.05, 0) is 43.4 Å². The van der Waals surface area contributed by atoms with Crippen molar-refractivity contribution in [2.24, 2.45) is 0 Å². The molecule has 1 aromatic rings. The molecule has 0 atom stereocenters. The smallest absolute Gasteiger partial charge is 0.123 e. The maximum Gasteiger partial charge on any atom is 0.123 e. The first-order chi connectivity index (χ1) is 8.78. The molecule has 2 rings (SSSR count). The van der Waals surface area contributed by atoms with Crippen LogP contribution in [0.15, 0.2) is 47.6 Å². The SMILES string of the molecule is C=O.CCC1=CCCC(Cc2cccc(F)c2)=C1.I. The molecule has 0 aromatic heterocycles. The van der Waals surface area contributed by atoms with Crippen LogP contribution >= 0.6 is 24.0 Å². The van der Waals surface area contributed by atoms with Gasteiger partial charge in [-0.25, -0.2) is 4.39 Å². The predicted octanol–water partition coefficient (Wildman–Crippen LogP) is 4.86. The Morgan fingerprint density at radius 3 is 2.68 bits per heavy atom. The minimum Gasteiger partial charge on any atom is -0.307 e. The fourth-order valence-corrected chi connectivity index (χ4v) is 2.13. The van der Waals surface area contributed by atoms with Crippen LogP contribution in [0.1, 0.15) is 31.7 Å². The van der Waals surface area contributed by atoms with E-state index in [2.05, 4.69) is 19.1 Å². The second-order valence-corrected chi connectivity index (χ2v) is 4.28. The van der Waals surface area contributed by atoms with Crippen molar-refractivity contribution < 1.29 is 9.18 Å². The average Bonchev–Trinajstić information content (AvgIpc) is 2.41. The topological polar surface area (TPSA) is 17.1 Å². The Hall–Kier alpha value is -0.970. The molecule has 0 fully saturated rings. The van der Waals surface area contributed by atoms with E-state index in [1.54, 1.807) is 12.1 Å². The van der Waals surface area contributed by atoms with E-state index in [1.807, 2.05) is 12.9 Å². The van der Waals surface area contributed by atoms with E-state index in [0.29, 0.717) is 0 Å². The van der Waals surface area contributed by atoms with Crippen molar-refractivity contribution in [3.05, 3.63) is 58.9 Å². The third-order valence-electron chi connectivity index (χ3n) is 2.99. The predicted molar refractivity (Wildman–Crippen MR) is 88.3 cm³/mol. The summed E-state index contributed by atoms with van der Waals surface area (Å²) in [4.78, 5) is 8.00.